The Hall–Kier alpha value is -1.86. The van der Waals surface area contributed by atoms with Crippen LogP contribution in [0.2, 0.25) is 0 Å². The summed E-state index contributed by atoms with van der Waals surface area (Å²) in [5, 5.41) is 134. The molecule has 4 aliphatic heterocycles. The second-order valence-electron chi connectivity index (χ2n) is 12.2. The number of carboxylic acid groups (broad SMARTS) is 2. The smallest absolute Gasteiger partial charge is 0.335 e. The van der Waals surface area contributed by atoms with E-state index in [2.05, 4.69) is 0 Å². The summed E-state index contributed by atoms with van der Waals surface area (Å²) in [4.78, 5) is 23.5. The van der Waals surface area contributed by atoms with Crippen molar-refractivity contribution in [1.29, 1.82) is 0 Å². The van der Waals surface area contributed by atoms with Gasteiger partial charge in [0, 0.05) is 0 Å². The highest BCUT2D eigenvalue weighted by Gasteiger charge is 2.56. The molecule has 4 saturated heterocycles. The Morgan fingerprint density at radius 2 is 0.922 bits per heavy atom. The van der Waals surface area contributed by atoms with Crippen molar-refractivity contribution in [2.45, 2.75) is 129 Å². The third kappa shape index (κ3) is 8.93. The van der Waals surface area contributed by atoms with Crippen LogP contribution in [0.4, 0.5) is 0 Å². The molecule has 296 valence electrons. The van der Waals surface area contributed by atoms with Crippen LogP contribution in [0, 0.1) is 0 Å². The maximum atomic E-state index is 12.0. The van der Waals surface area contributed by atoms with E-state index in [1.54, 1.807) is 0 Å². The molecule has 0 bridgehead atoms. The van der Waals surface area contributed by atoms with Gasteiger partial charge in [0.1, 0.15) is 85.5 Å². The average Bonchev–Trinajstić information content (AvgIpc) is 3.09. The molecule has 4 aliphatic rings. The first-order valence-corrected chi connectivity index (χ1v) is 15.8. The first-order valence-electron chi connectivity index (χ1n) is 15.8. The molecule has 0 radical (unpaired) electrons. The second kappa shape index (κ2) is 18.0. The Balaban J connectivity index is 1.49. The molecule has 0 amide bonds. The summed E-state index contributed by atoms with van der Waals surface area (Å²) >= 11 is 0. The van der Waals surface area contributed by atoms with E-state index in [4.69, 9.17) is 43.6 Å². The zero-order chi connectivity index (χ0) is 37.9. The highest BCUT2D eigenvalue weighted by molar-refractivity contribution is 5.73. The van der Waals surface area contributed by atoms with Crippen molar-refractivity contribution in [2.75, 3.05) is 26.4 Å². The Kier molecular flexibility index (Phi) is 14.8. The topological polar surface area (TPSA) is 397 Å². The number of ether oxygens (including phenoxy) is 8. The molecular formula is C27H45NO23. The molecular weight excluding hydrogens is 706 g/mol. The van der Waals surface area contributed by atoms with Crippen LogP contribution in [0.15, 0.2) is 0 Å². The molecule has 51 heavy (non-hydrogen) atoms. The largest absolute Gasteiger partial charge is 0.479 e. The van der Waals surface area contributed by atoms with E-state index in [-0.39, 0.29) is 13.2 Å². The van der Waals surface area contributed by atoms with Crippen LogP contribution in [-0.4, -0.2) is 228 Å². The Morgan fingerprint density at radius 3 is 1.41 bits per heavy atom. The second-order valence-corrected chi connectivity index (χ2v) is 12.2. The number of hydrogen-bond acceptors (Lipinski definition) is 22. The van der Waals surface area contributed by atoms with Crippen LogP contribution >= 0.6 is 0 Å². The standard InChI is InChI=1S/C27H45NO23/c28-2-1-3-44-24-13(36)10(33)17(6(4-29)45-24)48-27-16(39)19(15(38)21(51-27)23(42)43)49-25-14(37)11(34)18(7(5-30)46-25)47-26-12(35)8(31)9(32)20(50-26)22(40)41/h6-21,24-27,29-39H,1-5,28H2,(H,40,41)(H,42,43)/t6?,7?,8?,9-,10?,11?,12-,13-,14-,15-,16-,17+,18+,19?,20?,21?,24+,25-,26+,27+/m0/s1. The van der Waals surface area contributed by atoms with Gasteiger partial charge in [0.2, 0.25) is 0 Å². The van der Waals surface area contributed by atoms with Gasteiger partial charge < -0.3 is 110 Å². The Labute approximate surface area is 287 Å². The van der Waals surface area contributed by atoms with Crippen LogP contribution in [0.5, 0.6) is 0 Å². The van der Waals surface area contributed by atoms with E-state index in [1.807, 2.05) is 0 Å². The van der Waals surface area contributed by atoms with Crippen molar-refractivity contribution in [3.63, 3.8) is 0 Å². The fourth-order valence-corrected chi connectivity index (χ4v) is 5.92. The van der Waals surface area contributed by atoms with E-state index in [9.17, 15) is 76.0 Å². The van der Waals surface area contributed by atoms with Gasteiger partial charge in [0.25, 0.3) is 0 Å². The fraction of sp³-hybridized carbons (Fsp3) is 0.926. The summed E-state index contributed by atoms with van der Waals surface area (Å²) in [6, 6.07) is 0. The number of rotatable bonds is 14. The highest BCUT2D eigenvalue weighted by Crippen LogP contribution is 2.34. The van der Waals surface area contributed by atoms with Gasteiger partial charge in [-0.25, -0.2) is 9.59 Å². The molecule has 20 atom stereocenters. The SMILES string of the molecule is NCCCO[C@@H]1OC(CO)[C@@H](O[C@@H]2OC(C(=O)O)[C@@H](O)C(O[C@@H]3OC(CO)[C@@H](O[C@@H]4OC(C(=O)O)[C@@H](O)C(O)[C@@H]4O)C(O)[C@@H]3O)[C@@H]2O)C(O)[C@@H]1O. The summed E-state index contributed by atoms with van der Waals surface area (Å²) in [5.74, 6) is -3.57. The molecule has 0 aromatic carbocycles. The molecule has 0 saturated carbocycles. The lowest BCUT2D eigenvalue weighted by molar-refractivity contribution is -0.385. The van der Waals surface area contributed by atoms with E-state index >= 15 is 0 Å². The maximum absolute atomic E-state index is 12.0. The normalized spacial score (nSPS) is 47.9. The first kappa shape index (κ1) is 41.9. The quantitative estimate of drug-likeness (QED) is 0.0733. The van der Waals surface area contributed by atoms with Crippen molar-refractivity contribution in [3.05, 3.63) is 0 Å². The summed E-state index contributed by atoms with van der Waals surface area (Å²) in [6.45, 7) is -1.63. The molecule has 24 heteroatoms. The van der Waals surface area contributed by atoms with Crippen molar-refractivity contribution in [3.8, 4) is 0 Å². The molecule has 15 N–H and O–H groups in total. The van der Waals surface area contributed by atoms with Crippen molar-refractivity contribution < 1.29 is 114 Å². The van der Waals surface area contributed by atoms with Crippen molar-refractivity contribution in [1.82, 2.24) is 0 Å². The third-order valence-electron chi connectivity index (χ3n) is 8.75. The predicted molar refractivity (Wildman–Crippen MR) is 152 cm³/mol. The minimum atomic E-state index is -2.24. The summed E-state index contributed by atoms with van der Waals surface area (Å²) in [5.41, 5.74) is 5.41. The monoisotopic (exact) mass is 751 g/mol. The van der Waals surface area contributed by atoms with Crippen LogP contribution in [0.1, 0.15) is 6.42 Å². The number of carbonyl (C=O) groups is 2. The van der Waals surface area contributed by atoms with Gasteiger partial charge in [0.15, 0.2) is 37.4 Å². The van der Waals surface area contributed by atoms with Gasteiger partial charge >= 0.3 is 11.9 Å². The van der Waals surface area contributed by atoms with E-state index in [0.29, 0.717) is 6.42 Å². The van der Waals surface area contributed by atoms with Gasteiger partial charge in [-0.1, -0.05) is 0 Å². The number of aliphatic carboxylic acids is 2. The van der Waals surface area contributed by atoms with Crippen molar-refractivity contribution in [2.24, 2.45) is 5.73 Å². The molecule has 0 spiro atoms. The molecule has 4 fully saturated rings. The van der Waals surface area contributed by atoms with Crippen LogP contribution < -0.4 is 5.73 Å². The molecule has 4 rings (SSSR count). The molecule has 0 aromatic rings. The first-order chi connectivity index (χ1) is 24.1. The Morgan fingerprint density at radius 1 is 0.510 bits per heavy atom. The minimum Gasteiger partial charge on any atom is -0.479 e. The van der Waals surface area contributed by atoms with Gasteiger partial charge in [0.05, 0.1) is 19.8 Å². The highest BCUT2D eigenvalue weighted by atomic mass is 16.8. The molecule has 4 heterocycles. The number of aliphatic hydroxyl groups is 11. The summed E-state index contributed by atoms with van der Waals surface area (Å²) < 4.78 is 42.9. The van der Waals surface area contributed by atoms with E-state index < -0.39 is 148 Å². The van der Waals surface area contributed by atoms with Gasteiger partial charge in [-0.15, -0.1) is 0 Å². The lowest BCUT2D eigenvalue weighted by Crippen LogP contribution is -2.68. The predicted octanol–water partition coefficient (Wildman–Crippen LogP) is -9.19. The Bertz CT molecular complexity index is 1130. The maximum Gasteiger partial charge on any atom is 0.335 e. The van der Waals surface area contributed by atoms with Crippen LogP contribution in [0.25, 0.3) is 0 Å². The molecule has 0 aromatic heterocycles. The minimum absolute atomic E-state index is 0.0127. The van der Waals surface area contributed by atoms with Crippen LogP contribution in [0.3, 0.4) is 0 Å². The van der Waals surface area contributed by atoms with Gasteiger partial charge in [-0.3, -0.25) is 0 Å². The van der Waals surface area contributed by atoms with E-state index in [0.717, 1.165) is 0 Å². The zero-order valence-corrected chi connectivity index (χ0v) is 26.6. The van der Waals surface area contributed by atoms with E-state index in [1.165, 1.54) is 0 Å². The third-order valence-corrected chi connectivity index (χ3v) is 8.75. The number of nitrogens with two attached hydrogens (primary N) is 1. The lowest BCUT2D eigenvalue weighted by atomic mass is 9.95. The number of hydrogen-bond donors (Lipinski definition) is 14. The number of carboxylic acids is 2. The molecule has 8 unspecified atom stereocenters. The summed E-state index contributed by atoms with van der Waals surface area (Å²) in [7, 11) is 0. The summed E-state index contributed by atoms with van der Waals surface area (Å²) in [6.07, 6.45) is -39.3. The fourth-order valence-electron chi connectivity index (χ4n) is 5.92. The number of aliphatic hydroxyl groups excluding tert-OH is 11. The van der Waals surface area contributed by atoms with Crippen LogP contribution in [-0.2, 0) is 47.5 Å². The average molecular weight is 752 g/mol. The molecule has 24 nitrogen and oxygen atoms in total. The van der Waals surface area contributed by atoms with Crippen molar-refractivity contribution >= 4 is 11.9 Å². The zero-order valence-electron chi connectivity index (χ0n) is 26.6. The van der Waals surface area contributed by atoms with Gasteiger partial charge in [-0.2, -0.15) is 0 Å². The lowest BCUT2D eigenvalue weighted by Gasteiger charge is -2.48. The molecule has 0 aliphatic carbocycles. The van der Waals surface area contributed by atoms with Gasteiger partial charge in [-0.05, 0) is 13.0 Å².